The van der Waals surface area contributed by atoms with Gasteiger partial charge >= 0.3 is 0 Å². The van der Waals surface area contributed by atoms with Gasteiger partial charge in [-0.1, -0.05) is 12.8 Å². The van der Waals surface area contributed by atoms with Crippen LogP contribution in [0.25, 0.3) is 0 Å². The molecule has 1 saturated carbocycles. The van der Waals surface area contributed by atoms with E-state index in [-0.39, 0.29) is 5.78 Å². The Morgan fingerprint density at radius 3 is 2.38 bits per heavy atom. The molecular weight excluding hydrogens is 166 g/mol. The van der Waals surface area contributed by atoms with E-state index in [0.29, 0.717) is 0 Å². The zero-order valence-electron chi connectivity index (χ0n) is 8.71. The smallest absolute Gasteiger partial charge is 0.152 e. The maximum absolute atomic E-state index is 11.6. The summed E-state index contributed by atoms with van der Waals surface area (Å²) in [6.45, 7) is 1.58. The van der Waals surface area contributed by atoms with Gasteiger partial charge in [0.2, 0.25) is 0 Å². The molecule has 3 heteroatoms. The SMILES string of the molecule is CC(=O)C1(N(C)C)CCCCC1O. The van der Waals surface area contributed by atoms with Crippen LogP contribution in [0, 0.1) is 0 Å². The Labute approximate surface area is 79.7 Å². The summed E-state index contributed by atoms with van der Waals surface area (Å²) in [6.07, 6.45) is 3.11. The predicted octanol–water partition coefficient (Wildman–Crippen LogP) is 0.811. The van der Waals surface area contributed by atoms with Crippen molar-refractivity contribution in [2.45, 2.75) is 44.2 Å². The van der Waals surface area contributed by atoms with E-state index in [0.717, 1.165) is 25.7 Å². The molecule has 0 radical (unpaired) electrons. The minimum absolute atomic E-state index is 0.0877. The predicted molar refractivity (Wildman–Crippen MR) is 51.6 cm³/mol. The molecule has 0 spiro atoms. The molecule has 1 aliphatic rings. The van der Waals surface area contributed by atoms with Gasteiger partial charge in [0.05, 0.1) is 6.10 Å². The van der Waals surface area contributed by atoms with Crippen molar-refractivity contribution in [2.75, 3.05) is 14.1 Å². The summed E-state index contributed by atoms with van der Waals surface area (Å²) >= 11 is 0. The number of nitrogens with zero attached hydrogens (tertiary/aromatic N) is 1. The Balaban J connectivity index is 2.93. The van der Waals surface area contributed by atoms with E-state index in [4.69, 9.17) is 0 Å². The third-order valence-corrected chi connectivity index (χ3v) is 3.24. The Bertz CT molecular complexity index is 203. The number of aliphatic hydroxyl groups is 1. The highest BCUT2D eigenvalue weighted by atomic mass is 16.3. The lowest BCUT2D eigenvalue weighted by Gasteiger charge is -2.44. The highest BCUT2D eigenvalue weighted by Gasteiger charge is 2.45. The van der Waals surface area contributed by atoms with Crippen LogP contribution in [0.1, 0.15) is 32.6 Å². The number of Topliss-reactive ketones (excluding diaryl/α,β-unsaturated/α-hetero) is 1. The molecule has 0 saturated heterocycles. The Morgan fingerprint density at radius 2 is 2.08 bits per heavy atom. The monoisotopic (exact) mass is 185 g/mol. The van der Waals surface area contributed by atoms with Crippen LogP contribution in [0.4, 0.5) is 0 Å². The third-order valence-electron chi connectivity index (χ3n) is 3.24. The molecule has 2 unspecified atom stereocenters. The lowest BCUT2D eigenvalue weighted by Crippen LogP contribution is -2.60. The van der Waals surface area contributed by atoms with Crippen molar-refractivity contribution in [2.24, 2.45) is 0 Å². The Kier molecular flexibility index (Phi) is 3.09. The average Bonchev–Trinajstić information content (AvgIpc) is 2.04. The molecule has 1 fully saturated rings. The van der Waals surface area contributed by atoms with Gasteiger partial charge in [0.15, 0.2) is 5.78 Å². The van der Waals surface area contributed by atoms with Crippen molar-refractivity contribution in [1.82, 2.24) is 4.90 Å². The molecular formula is C10H19NO2. The zero-order chi connectivity index (χ0) is 10.1. The molecule has 0 aromatic heterocycles. The van der Waals surface area contributed by atoms with Crippen LogP contribution >= 0.6 is 0 Å². The van der Waals surface area contributed by atoms with Crippen molar-refractivity contribution >= 4 is 5.78 Å². The molecule has 13 heavy (non-hydrogen) atoms. The first kappa shape index (κ1) is 10.7. The third kappa shape index (κ3) is 1.63. The summed E-state index contributed by atoms with van der Waals surface area (Å²) in [4.78, 5) is 13.4. The second-order valence-electron chi connectivity index (χ2n) is 4.14. The summed E-state index contributed by atoms with van der Waals surface area (Å²) in [7, 11) is 3.74. The van der Waals surface area contributed by atoms with Crippen molar-refractivity contribution in [1.29, 1.82) is 0 Å². The first-order chi connectivity index (χ1) is 6.01. The quantitative estimate of drug-likeness (QED) is 0.692. The van der Waals surface area contributed by atoms with Crippen LogP contribution in [-0.2, 0) is 4.79 Å². The van der Waals surface area contributed by atoms with Crippen molar-refractivity contribution < 1.29 is 9.90 Å². The maximum Gasteiger partial charge on any atom is 0.152 e. The van der Waals surface area contributed by atoms with Gasteiger partial charge in [-0.15, -0.1) is 0 Å². The Morgan fingerprint density at radius 1 is 1.46 bits per heavy atom. The van der Waals surface area contributed by atoms with Gasteiger partial charge in [-0.25, -0.2) is 0 Å². The number of hydrogen-bond acceptors (Lipinski definition) is 3. The normalized spacial score (nSPS) is 35.0. The van der Waals surface area contributed by atoms with Gasteiger partial charge in [0.1, 0.15) is 5.54 Å². The standard InChI is InChI=1S/C10H19NO2/c1-8(12)10(11(2)3)7-5-4-6-9(10)13/h9,13H,4-7H2,1-3H3. The number of aliphatic hydroxyl groups excluding tert-OH is 1. The fourth-order valence-corrected chi connectivity index (χ4v) is 2.38. The zero-order valence-corrected chi connectivity index (χ0v) is 8.71. The Hall–Kier alpha value is -0.410. The van der Waals surface area contributed by atoms with Crippen LogP contribution in [0.2, 0.25) is 0 Å². The molecule has 1 N–H and O–H groups in total. The average molecular weight is 185 g/mol. The highest BCUT2D eigenvalue weighted by molar-refractivity contribution is 5.87. The van der Waals surface area contributed by atoms with Crippen molar-refractivity contribution in [3.05, 3.63) is 0 Å². The number of carbonyl (C=O) groups excluding carboxylic acids is 1. The minimum Gasteiger partial charge on any atom is -0.391 e. The van der Waals surface area contributed by atoms with Gasteiger partial charge < -0.3 is 5.11 Å². The van der Waals surface area contributed by atoms with Crippen LogP contribution in [-0.4, -0.2) is 41.5 Å². The molecule has 0 aromatic carbocycles. The van der Waals surface area contributed by atoms with E-state index >= 15 is 0 Å². The lowest BCUT2D eigenvalue weighted by atomic mass is 9.75. The number of hydrogen-bond donors (Lipinski definition) is 1. The first-order valence-corrected chi connectivity index (χ1v) is 4.88. The van der Waals surface area contributed by atoms with Crippen LogP contribution in [0.3, 0.4) is 0 Å². The van der Waals surface area contributed by atoms with Crippen LogP contribution in [0.5, 0.6) is 0 Å². The molecule has 1 aliphatic carbocycles. The first-order valence-electron chi connectivity index (χ1n) is 4.88. The highest BCUT2D eigenvalue weighted by Crippen LogP contribution is 2.33. The van der Waals surface area contributed by atoms with Crippen LogP contribution < -0.4 is 0 Å². The summed E-state index contributed by atoms with van der Waals surface area (Å²) in [6, 6.07) is 0. The van der Waals surface area contributed by atoms with Gasteiger partial charge in [0.25, 0.3) is 0 Å². The van der Waals surface area contributed by atoms with E-state index in [1.54, 1.807) is 6.92 Å². The fraction of sp³-hybridized carbons (Fsp3) is 0.900. The van der Waals surface area contributed by atoms with Gasteiger partial charge in [-0.2, -0.15) is 0 Å². The second-order valence-corrected chi connectivity index (χ2v) is 4.14. The number of rotatable bonds is 2. The summed E-state index contributed by atoms with van der Waals surface area (Å²) in [5.74, 6) is 0.0877. The summed E-state index contributed by atoms with van der Waals surface area (Å²) < 4.78 is 0. The molecule has 1 rings (SSSR count). The van der Waals surface area contributed by atoms with Gasteiger partial charge in [-0.05, 0) is 33.9 Å². The molecule has 3 nitrogen and oxygen atoms in total. The van der Waals surface area contributed by atoms with E-state index in [2.05, 4.69) is 0 Å². The largest absolute Gasteiger partial charge is 0.391 e. The van der Waals surface area contributed by atoms with E-state index in [9.17, 15) is 9.90 Å². The minimum atomic E-state index is -0.613. The van der Waals surface area contributed by atoms with Crippen molar-refractivity contribution in [3.8, 4) is 0 Å². The number of ketones is 1. The molecule has 2 atom stereocenters. The number of likely N-dealkylation sites (N-methyl/N-ethyl adjacent to an activating group) is 1. The topological polar surface area (TPSA) is 40.5 Å². The molecule has 0 amide bonds. The summed E-state index contributed by atoms with van der Waals surface area (Å²) in [5.41, 5.74) is -0.613. The van der Waals surface area contributed by atoms with Gasteiger partial charge in [-0.3, -0.25) is 9.69 Å². The second kappa shape index (κ2) is 3.76. The van der Waals surface area contributed by atoms with E-state index in [1.165, 1.54) is 0 Å². The molecule has 0 bridgehead atoms. The van der Waals surface area contributed by atoms with Crippen LogP contribution in [0.15, 0.2) is 0 Å². The van der Waals surface area contributed by atoms with Crippen molar-refractivity contribution in [3.63, 3.8) is 0 Å². The molecule has 0 aliphatic heterocycles. The molecule has 76 valence electrons. The molecule has 0 heterocycles. The molecule has 0 aromatic rings. The summed E-state index contributed by atoms with van der Waals surface area (Å²) in [5, 5.41) is 9.90. The maximum atomic E-state index is 11.6. The van der Waals surface area contributed by atoms with E-state index < -0.39 is 11.6 Å². The number of carbonyl (C=O) groups is 1. The van der Waals surface area contributed by atoms with E-state index in [1.807, 2.05) is 19.0 Å². The van der Waals surface area contributed by atoms with Gasteiger partial charge in [0, 0.05) is 0 Å². The fourth-order valence-electron chi connectivity index (χ4n) is 2.38. The lowest BCUT2D eigenvalue weighted by molar-refractivity contribution is -0.138.